The van der Waals surface area contributed by atoms with Gasteiger partial charge < -0.3 is 5.32 Å². The van der Waals surface area contributed by atoms with Crippen LogP contribution in [0.1, 0.15) is 18.4 Å². The highest BCUT2D eigenvalue weighted by molar-refractivity contribution is 6.31. The van der Waals surface area contributed by atoms with Crippen LogP contribution in [0.4, 0.5) is 10.1 Å². The molecule has 126 valence electrons. The number of hydrogen-bond donors (Lipinski definition) is 1. The molecule has 24 heavy (non-hydrogen) atoms. The van der Waals surface area contributed by atoms with Crippen molar-refractivity contribution in [3.05, 3.63) is 64.9 Å². The number of halogens is 2. The molecule has 1 unspecified atom stereocenters. The van der Waals surface area contributed by atoms with Gasteiger partial charge in [-0.05, 0) is 43.1 Å². The number of para-hydroxylation sites is 1. The smallest absolute Gasteiger partial charge is 0.228 e. The molecule has 2 aromatic rings. The number of amides is 1. The highest BCUT2D eigenvalue weighted by Crippen LogP contribution is 2.23. The number of rotatable bonds is 4. The molecular formula is C19H20ClFN2O. The van der Waals surface area contributed by atoms with E-state index in [4.69, 9.17) is 11.6 Å². The lowest BCUT2D eigenvalue weighted by Gasteiger charge is -2.32. The van der Waals surface area contributed by atoms with Gasteiger partial charge in [0.05, 0.1) is 11.6 Å². The Morgan fingerprint density at radius 2 is 1.96 bits per heavy atom. The fourth-order valence-electron chi connectivity index (χ4n) is 3.08. The molecular weight excluding hydrogens is 327 g/mol. The van der Waals surface area contributed by atoms with E-state index < -0.39 is 5.82 Å². The van der Waals surface area contributed by atoms with Gasteiger partial charge in [0.2, 0.25) is 5.91 Å². The van der Waals surface area contributed by atoms with E-state index in [0.29, 0.717) is 6.54 Å². The standard InChI is InChI=1S/C19H20ClFN2O/c20-16-8-2-1-6-14(16)12-23-11-5-7-15(13-23)19(24)22-18-10-4-3-9-17(18)21/h1-4,6,8-10,15H,5,7,11-13H2,(H,22,24). The quantitative estimate of drug-likeness (QED) is 0.893. The second-order valence-electron chi connectivity index (χ2n) is 6.13. The van der Waals surface area contributed by atoms with Crippen molar-refractivity contribution < 1.29 is 9.18 Å². The fraction of sp³-hybridized carbons (Fsp3) is 0.316. The van der Waals surface area contributed by atoms with Gasteiger partial charge in [0.15, 0.2) is 0 Å². The van der Waals surface area contributed by atoms with Gasteiger partial charge in [0.25, 0.3) is 0 Å². The summed E-state index contributed by atoms with van der Waals surface area (Å²) in [6, 6.07) is 14.0. The van der Waals surface area contributed by atoms with E-state index in [1.807, 2.05) is 24.3 Å². The largest absolute Gasteiger partial charge is 0.323 e. The minimum atomic E-state index is -0.408. The van der Waals surface area contributed by atoms with E-state index >= 15 is 0 Å². The Balaban J connectivity index is 1.62. The molecule has 1 aliphatic rings. The molecule has 1 saturated heterocycles. The SMILES string of the molecule is O=C(Nc1ccccc1F)C1CCCN(Cc2ccccc2Cl)C1. The second kappa shape index (κ2) is 7.77. The Labute approximate surface area is 146 Å². The van der Waals surface area contributed by atoms with E-state index in [0.717, 1.165) is 36.5 Å². The summed E-state index contributed by atoms with van der Waals surface area (Å²) in [7, 11) is 0. The number of nitrogens with zero attached hydrogens (tertiary/aromatic N) is 1. The van der Waals surface area contributed by atoms with Crippen molar-refractivity contribution in [3.8, 4) is 0 Å². The van der Waals surface area contributed by atoms with Gasteiger partial charge in [0.1, 0.15) is 5.82 Å². The maximum absolute atomic E-state index is 13.7. The minimum absolute atomic E-state index is 0.121. The zero-order valence-electron chi connectivity index (χ0n) is 13.3. The molecule has 1 amide bonds. The Morgan fingerprint density at radius 3 is 2.75 bits per heavy atom. The molecule has 1 aliphatic heterocycles. The van der Waals surface area contributed by atoms with Gasteiger partial charge in [-0.3, -0.25) is 9.69 Å². The lowest BCUT2D eigenvalue weighted by molar-refractivity contribution is -0.121. The molecule has 0 radical (unpaired) electrons. The second-order valence-corrected chi connectivity index (χ2v) is 6.54. The maximum Gasteiger partial charge on any atom is 0.228 e. The Bertz CT molecular complexity index is 722. The summed E-state index contributed by atoms with van der Waals surface area (Å²) in [6.07, 6.45) is 1.76. The van der Waals surface area contributed by atoms with Crippen molar-refractivity contribution in [3.63, 3.8) is 0 Å². The Kier molecular flexibility index (Phi) is 5.48. The monoisotopic (exact) mass is 346 g/mol. The lowest BCUT2D eigenvalue weighted by atomic mass is 9.96. The zero-order chi connectivity index (χ0) is 16.9. The first-order valence-electron chi connectivity index (χ1n) is 8.14. The number of piperidine rings is 1. The normalized spacial score (nSPS) is 18.3. The average molecular weight is 347 g/mol. The molecule has 1 N–H and O–H groups in total. The first kappa shape index (κ1) is 16.9. The average Bonchev–Trinajstić information content (AvgIpc) is 2.59. The molecule has 0 aliphatic carbocycles. The lowest BCUT2D eigenvalue weighted by Crippen LogP contribution is -2.40. The molecule has 3 rings (SSSR count). The van der Waals surface area contributed by atoms with Crippen LogP contribution in [0.15, 0.2) is 48.5 Å². The highest BCUT2D eigenvalue weighted by Gasteiger charge is 2.26. The number of nitrogens with one attached hydrogen (secondary N) is 1. The molecule has 1 fully saturated rings. The Hall–Kier alpha value is -1.91. The summed E-state index contributed by atoms with van der Waals surface area (Å²) < 4.78 is 13.7. The van der Waals surface area contributed by atoms with Crippen LogP contribution in [-0.4, -0.2) is 23.9 Å². The van der Waals surface area contributed by atoms with Crippen molar-refractivity contribution in [1.29, 1.82) is 0 Å². The summed E-state index contributed by atoms with van der Waals surface area (Å²) in [5, 5.41) is 3.45. The summed E-state index contributed by atoms with van der Waals surface area (Å²) in [6.45, 7) is 2.32. The molecule has 3 nitrogen and oxygen atoms in total. The maximum atomic E-state index is 13.7. The number of hydrogen-bond acceptors (Lipinski definition) is 2. The summed E-state index contributed by atoms with van der Waals surface area (Å²) >= 11 is 6.22. The van der Waals surface area contributed by atoms with Crippen LogP contribution in [0.25, 0.3) is 0 Å². The fourth-order valence-corrected chi connectivity index (χ4v) is 3.27. The van der Waals surface area contributed by atoms with Crippen LogP contribution in [0, 0.1) is 11.7 Å². The third-order valence-electron chi connectivity index (χ3n) is 4.36. The molecule has 0 aromatic heterocycles. The van der Waals surface area contributed by atoms with E-state index in [-0.39, 0.29) is 17.5 Å². The molecule has 5 heteroatoms. The first-order chi connectivity index (χ1) is 11.6. The van der Waals surface area contributed by atoms with Crippen LogP contribution >= 0.6 is 11.6 Å². The Morgan fingerprint density at radius 1 is 1.21 bits per heavy atom. The minimum Gasteiger partial charge on any atom is -0.323 e. The van der Waals surface area contributed by atoms with E-state index in [2.05, 4.69) is 10.2 Å². The van der Waals surface area contributed by atoms with Crippen LogP contribution in [0.2, 0.25) is 5.02 Å². The van der Waals surface area contributed by atoms with Gasteiger partial charge in [-0.1, -0.05) is 41.9 Å². The summed E-state index contributed by atoms with van der Waals surface area (Å²) in [4.78, 5) is 14.7. The van der Waals surface area contributed by atoms with E-state index in [9.17, 15) is 9.18 Å². The summed E-state index contributed by atoms with van der Waals surface area (Å²) in [5.41, 5.74) is 1.31. The van der Waals surface area contributed by atoms with Gasteiger partial charge in [-0.15, -0.1) is 0 Å². The molecule has 0 saturated carbocycles. The molecule has 0 spiro atoms. The molecule has 1 atom stereocenters. The number of anilines is 1. The predicted octanol–water partition coefficient (Wildman–Crippen LogP) is 4.33. The highest BCUT2D eigenvalue weighted by atomic mass is 35.5. The predicted molar refractivity (Wildman–Crippen MR) is 94.5 cm³/mol. The zero-order valence-corrected chi connectivity index (χ0v) is 14.1. The van der Waals surface area contributed by atoms with Crippen LogP contribution in [-0.2, 0) is 11.3 Å². The number of likely N-dealkylation sites (tertiary alicyclic amines) is 1. The van der Waals surface area contributed by atoms with E-state index in [1.54, 1.807) is 18.2 Å². The van der Waals surface area contributed by atoms with Crippen LogP contribution < -0.4 is 5.32 Å². The van der Waals surface area contributed by atoms with Crippen molar-refractivity contribution >= 4 is 23.2 Å². The summed E-state index contributed by atoms with van der Waals surface area (Å²) in [5.74, 6) is -0.667. The van der Waals surface area contributed by atoms with Gasteiger partial charge >= 0.3 is 0 Å². The first-order valence-corrected chi connectivity index (χ1v) is 8.52. The van der Waals surface area contributed by atoms with Crippen molar-refractivity contribution in [2.75, 3.05) is 18.4 Å². The molecule has 1 heterocycles. The van der Waals surface area contributed by atoms with Gasteiger partial charge in [0, 0.05) is 18.1 Å². The number of carbonyl (C=O) groups excluding carboxylic acids is 1. The van der Waals surface area contributed by atoms with Gasteiger partial charge in [-0.2, -0.15) is 0 Å². The number of carbonyl (C=O) groups is 1. The van der Waals surface area contributed by atoms with Crippen LogP contribution in [0.5, 0.6) is 0 Å². The molecule has 2 aromatic carbocycles. The van der Waals surface area contributed by atoms with Gasteiger partial charge in [-0.25, -0.2) is 4.39 Å². The topological polar surface area (TPSA) is 32.3 Å². The van der Waals surface area contributed by atoms with Crippen molar-refractivity contribution in [2.24, 2.45) is 5.92 Å². The third kappa shape index (κ3) is 4.13. The number of benzene rings is 2. The van der Waals surface area contributed by atoms with Crippen molar-refractivity contribution in [2.45, 2.75) is 19.4 Å². The molecule has 0 bridgehead atoms. The van der Waals surface area contributed by atoms with Crippen molar-refractivity contribution in [1.82, 2.24) is 4.90 Å². The third-order valence-corrected chi connectivity index (χ3v) is 4.73. The van der Waals surface area contributed by atoms with Crippen LogP contribution in [0.3, 0.4) is 0 Å². The van der Waals surface area contributed by atoms with E-state index in [1.165, 1.54) is 6.07 Å².